The van der Waals surface area contributed by atoms with Crippen molar-refractivity contribution in [2.24, 2.45) is 0 Å². The summed E-state index contributed by atoms with van der Waals surface area (Å²) in [5, 5.41) is 11.4. The number of anilines is 1. The maximum atomic E-state index is 13.4. The first-order chi connectivity index (χ1) is 17.7. The van der Waals surface area contributed by atoms with E-state index in [0.717, 1.165) is 5.56 Å². The molecular formula is C30H31NO6. The lowest BCUT2D eigenvalue weighted by Gasteiger charge is -2.26. The number of aryl methyl sites for hydroxylation is 1. The van der Waals surface area contributed by atoms with Gasteiger partial charge < -0.3 is 19.3 Å². The van der Waals surface area contributed by atoms with E-state index >= 15 is 0 Å². The van der Waals surface area contributed by atoms with Crippen molar-refractivity contribution in [3.63, 3.8) is 0 Å². The third-order valence-corrected chi connectivity index (χ3v) is 6.11. The smallest absolute Gasteiger partial charge is 0.300 e. The van der Waals surface area contributed by atoms with E-state index in [1.54, 1.807) is 73.8 Å². The Labute approximate surface area is 216 Å². The summed E-state index contributed by atoms with van der Waals surface area (Å²) in [6.07, 6.45) is -0.00283. The van der Waals surface area contributed by atoms with E-state index in [2.05, 4.69) is 0 Å². The highest BCUT2D eigenvalue weighted by Gasteiger charge is 2.47. The fourth-order valence-corrected chi connectivity index (χ4v) is 4.43. The van der Waals surface area contributed by atoms with E-state index < -0.39 is 17.7 Å². The molecule has 0 saturated carbocycles. The number of methoxy groups -OCH3 is 1. The Morgan fingerprint density at radius 1 is 0.973 bits per heavy atom. The number of carbonyl (C=O) groups excluding carboxylic acids is 2. The molecule has 192 valence electrons. The van der Waals surface area contributed by atoms with Crippen molar-refractivity contribution in [1.82, 2.24) is 0 Å². The van der Waals surface area contributed by atoms with Crippen LogP contribution in [0.4, 0.5) is 5.69 Å². The molecule has 1 heterocycles. The quantitative estimate of drug-likeness (QED) is 0.238. The lowest BCUT2D eigenvalue weighted by Crippen LogP contribution is -2.29. The molecule has 1 atom stereocenters. The standard InChI is InChI=1S/C30H31NO6/c1-6-36-25-16-9-21(17-19(25)4)28(32)26-27(20-7-12-23(35-5)13-8-20)31(30(34)29(26)33)22-10-14-24(15-11-22)37-18(2)3/h7-18,27,32H,6H2,1-5H3/b28-26-. The number of aliphatic hydroxyl groups excluding tert-OH is 1. The Morgan fingerprint density at radius 2 is 1.62 bits per heavy atom. The largest absolute Gasteiger partial charge is 0.507 e. The molecule has 7 nitrogen and oxygen atoms in total. The van der Waals surface area contributed by atoms with Gasteiger partial charge in [-0.25, -0.2) is 0 Å². The molecule has 7 heteroatoms. The van der Waals surface area contributed by atoms with Crippen LogP contribution in [-0.2, 0) is 9.59 Å². The molecule has 3 aromatic rings. The molecule has 0 aliphatic carbocycles. The van der Waals surface area contributed by atoms with Crippen LogP contribution < -0.4 is 19.1 Å². The number of ether oxygens (including phenoxy) is 3. The maximum Gasteiger partial charge on any atom is 0.300 e. The number of carbonyl (C=O) groups is 2. The van der Waals surface area contributed by atoms with E-state index in [1.165, 1.54) is 4.90 Å². The molecule has 3 aromatic carbocycles. The highest BCUT2D eigenvalue weighted by molar-refractivity contribution is 6.51. The number of benzene rings is 3. The second-order valence-electron chi connectivity index (χ2n) is 9.02. The predicted octanol–water partition coefficient (Wildman–Crippen LogP) is 5.82. The molecule has 1 N–H and O–H groups in total. The second-order valence-corrected chi connectivity index (χ2v) is 9.02. The number of aliphatic hydroxyl groups is 1. The molecule has 0 radical (unpaired) electrons. The zero-order valence-electron chi connectivity index (χ0n) is 21.6. The molecule has 1 unspecified atom stereocenters. The van der Waals surface area contributed by atoms with Crippen molar-refractivity contribution < 1.29 is 28.9 Å². The van der Waals surface area contributed by atoms with E-state index in [4.69, 9.17) is 14.2 Å². The molecule has 37 heavy (non-hydrogen) atoms. The van der Waals surface area contributed by atoms with Crippen LogP contribution in [0.1, 0.15) is 43.5 Å². The number of nitrogens with zero attached hydrogens (tertiary/aromatic N) is 1. The first-order valence-corrected chi connectivity index (χ1v) is 12.2. The Bertz CT molecular complexity index is 1330. The molecule has 0 aromatic heterocycles. The third kappa shape index (κ3) is 5.16. The molecule has 0 bridgehead atoms. The fourth-order valence-electron chi connectivity index (χ4n) is 4.43. The van der Waals surface area contributed by atoms with Crippen LogP contribution in [0, 0.1) is 6.92 Å². The van der Waals surface area contributed by atoms with Crippen molar-refractivity contribution in [1.29, 1.82) is 0 Å². The topological polar surface area (TPSA) is 85.3 Å². The summed E-state index contributed by atoms with van der Waals surface area (Å²) in [6, 6.07) is 18.4. The van der Waals surface area contributed by atoms with E-state index in [1.807, 2.05) is 27.7 Å². The normalized spacial score (nSPS) is 16.8. The van der Waals surface area contributed by atoms with Crippen LogP contribution >= 0.6 is 0 Å². The van der Waals surface area contributed by atoms with Gasteiger partial charge in [-0.1, -0.05) is 12.1 Å². The first kappa shape index (κ1) is 25.8. The summed E-state index contributed by atoms with van der Waals surface area (Å²) in [5.74, 6) is 0.261. The van der Waals surface area contributed by atoms with Gasteiger partial charge >= 0.3 is 0 Å². The van der Waals surface area contributed by atoms with E-state index in [0.29, 0.717) is 40.7 Å². The first-order valence-electron chi connectivity index (χ1n) is 12.2. The number of rotatable bonds is 8. The molecule has 0 spiro atoms. The van der Waals surface area contributed by atoms with Crippen LogP contribution in [0.25, 0.3) is 5.76 Å². The van der Waals surface area contributed by atoms with Crippen LogP contribution in [0.5, 0.6) is 17.2 Å². The van der Waals surface area contributed by atoms with Gasteiger partial charge in [0.25, 0.3) is 11.7 Å². The Balaban J connectivity index is 1.85. The van der Waals surface area contributed by atoms with Gasteiger partial charge in [0.15, 0.2) is 0 Å². The van der Waals surface area contributed by atoms with Crippen molar-refractivity contribution in [3.05, 3.63) is 89.0 Å². The average molecular weight is 502 g/mol. The summed E-state index contributed by atoms with van der Waals surface area (Å²) < 4.78 is 16.6. The number of hydrogen-bond donors (Lipinski definition) is 1. The predicted molar refractivity (Wildman–Crippen MR) is 142 cm³/mol. The number of Topliss-reactive ketones (excluding diaryl/α,β-unsaturated/α-hetero) is 1. The molecule has 1 saturated heterocycles. The van der Waals surface area contributed by atoms with Gasteiger partial charge in [0.2, 0.25) is 0 Å². The number of hydrogen-bond acceptors (Lipinski definition) is 6. The Kier molecular flexibility index (Phi) is 7.53. The summed E-state index contributed by atoms with van der Waals surface area (Å²) in [7, 11) is 1.57. The van der Waals surface area contributed by atoms with Crippen LogP contribution in [0.2, 0.25) is 0 Å². The van der Waals surface area contributed by atoms with Gasteiger partial charge in [-0.2, -0.15) is 0 Å². The van der Waals surface area contributed by atoms with Gasteiger partial charge in [-0.3, -0.25) is 14.5 Å². The third-order valence-electron chi connectivity index (χ3n) is 6.11. The Morgan fingerprint density at radius 3 is 2.19 bits per heavy atom. The zero-order chi connectivity index (χ0) is 26.7. The molecule has 1 aliphatic rings. The van der Waals surface area contributed by atoms with Crippen LogP contribution in [-0.4, -0.2) is 36.6 Å². The highest BCUT2D eigenvalue weighted by Crippen LogP contribution is 2.43. The van der Waals surface area contributed by atoms with Gasteiger partial charge in [0.1, 0.15) is 23.0 Å². The van der Waals surface area contributed by atoms with E-state index in [-0.39, 0.29) is 17.4 Å². The van der Waals surface area contributed by atoms with Crippen LogP contribution in [0.3, 0.4) is 0 Å². The van der Waals surface area contributed by atoms with Gasteiger partial charge in [0.05, 0.1) is 31.4 Å². The van der Waals surface area contributed by atoms with Gasteiger partial charge in [-0.05, 0) is 93.4 Å². The fraction of sp³-hybridized carbons (Fsp3) is 0.267. The SMILES string of the molecule is CCOc1ccc(/C(O)=C2/C(=O)C(=O)N(c3ccc(OC(C)C)cc3)C2c2ccc(OC)cc2)cc1C. The minimum atomic E-state index is -0.838. The Hall–Kier alpha value is -4.26. The molecule has 1 fully saturated rings. The van der Waals surface area contributed by atoms with E-state index in [9.17, 15) is 14.7 Å². The summed E-state index contributed by atoms with van der Waals surface area (Å²) in [6.45, 7) is 8.13. The molecule has 4 rings (SSSR count). The molecular weight excluding hydrogens is 470 g/mol. The zero-order valence-corrected chi connectivity index (χ0v) is 21.6. The average Bonchev–Trinajstić information content (AvgIpc) is 3.15. The van der Waals surface area contributed by atoms with Gasteiger partial charge in [-0.15, -0.1) is 0 Å². The van der Waals surface area contributed by atoms with Crippen LogP contribution in [0.15, 0.2) is 72.3 Å². The van der Waals surface area contributed by atoms with Crippen molar-refractivity contribution >= 4 is 23.1 Å². The minimum Gasteiger partial charge on any atom is -0.507 e. The highest BCUT2D eigenvalue weighted by atomic mass is 16.5. The van der Waals surface area contributed by atoms with Crippen molar-refractivity contribution in [2.75, 3.05) is 18.6 Å². The number of amides is 1. The van der Waals surface area contributed by atoms with Gasteiger partial charge in [0, 0.05) is 11.3 Å². The molecule has 1 amide bonds. The number of ketones is 1. The molecule has 1 aliphatic heterocycles. The van der Waals surface area contributed by atoms with Crippen molar-refractivity contribution in [3.8, 4) is 17.2 Å². The second kappa shape index (κ2) is 10.8. The maximum absolute atomic E-state index is 13.4. The summed E-state index contributed by atoms with van der Waals surface area (Å²) in [5.41, 5.74) is 2.42. The van der Waals surface area contributed by atoms with Crippen molar-refractivity contribution in [2.45, 2.75) is 39.8 Å². The lowest BCUT2D eigenvalue weighted by atomic mass is 9.94. The lowest BCUT2D eigenvalue weighted by molar-refractivity contribution is -0.132. The minimum absolute atomic E-state index is 0.00283. The summed E-state index contributed by atoms with van der Waals surface area (Å²) >= 11 is 0. The summed E-state index contributed by atoms with van der Waals surface area (Å²) in [4.78, 5) is 28.2. The monoisotopic (exact) mass is 501 g/mol.